The average Bonchev–Trinajstić information content (AvgIpc) is 2.36. The average molecular weight is 219 g/mol. The van der Waals surface area contributed by atoms with Gasteiger partial charge in [-0.1, -0.05) is 43.8 Å². The third-order valence-electron chi connectivity index (χ3n) is 3.04. The Morgan fingerprint density at radius 3 is 2.50 bits per heavy atom. The van der Waals surface area contributed by atoms with Gasteiger partial charge in [0.05, 0.1) is 6.61 Å². The fraction of sp³-hybridized carbons (Fsp3) is 0.429. The van der Waals surface area contributed by atoms with E-state index in [0.29, 0.717) is 6.54 Å². The van der Waals surface area contributed by atoms with Gasteiger partial charge in [0.1, 0.15) is 0 Å². The highest BCUT2D eigenvalue weighted by Crippen LogP contribution is 2.13. The molecule has 0 fully saturated rings. The van der Waals surface area contributed by atoms with Gasteiger partial charge in [0.15, 0.2) is 0 Å². The molecule has 2 heteroatoms. The Morgan fingerprint density at radius 2 is 2.00 bits per heavy atom. The highest BCUT2D eigenvalue weighted by molar-refractivity contribution is 5.64. The fourth-order valence-corrected chi connectivity index (χ4v) is 1.39. The Morgan fingerprint density at radius 1 is 1.38 bits per heavy atom. The minimum absolute atomic E-state index is 0.144. The standard InChI is InChI=1S/C14H21NO/c1-4-14(3,11-16)15-10-12(2)13-8-6-5-7-9-13/h5-9,15-16H,2,4,10-11H2,1,3H3. The zero-order chi connectivity index (χ0) is 12.0. The van der Waals surface area contributed by atoms with E-state index in [9.17, 15) is 5.11 Å². The minimum atomic E-state index is -0.211. The summed E-state index contributed by atoms with van der Waals surface area (Å²) in [4.78, 5) is 0. The second-order valence-electron chi connectivity index (χ2n) is 4.40. The fourth-order valence-electron chi connectivity index (χ4n) is 1.39. The monoisotopic (exact) mass is 219 g/mol. The first-order valence-corrected chi connectivity index (χ1v) is 5.70. The molecule has 0 heterocycles. The normalized spacial score (nSPS) is 14.4. The van der Waals surface area contributed by atoms with E-state index in [4.69, 9.17) is 0 Å². The number of nitrogens with one attached hydrogen (secondary N) is 1. The summed E-state index contributed by atoms with van der Waals surface area (Å²) in [6.45, 7) is 8.98. The lowest BCUT2D eigenvalue weighted by Crippen LogP contribution is -2.45. The van der Waals surface area contributed by atoms with E-state index < -0.39 is 0 Å². The summed E-state index contributed by atoms with van der Waals surface area (Å²) in [7, 11) is 0. The molecule has 1 atom stereocenters. The summed E-state index contributed by atoms with van der Waals surface area (Å²) in [6.07, 6.45) is 0.894. The van der Waals surface area contributed by atoms with Gasteiger partial charge in [0.2, 0.25) is 0 Å². The van der Waals surface area contributed by atoms with Gasteiger partial charge in [-0.3, -0.25) is 0 Å². The van der Waals surface area contributed by atoms with Crippen molar-refractivity contribution in [2.24, 2.45) is 0 Å². The van der Waals surface area contributed by atoms with Crippen LogP contribution < -0.4 is 5.32 Å². The molecule has 0 aromatic heterocycles. The van der Waals surface area contributed by atoms with Crippen LogP contribution in [0.15, 0.2) is 36.9 Å². The van der Waals surface area contributed by atoms with E-state index in [1.54, 1.807) is 0 Å². The molecule has 0 amide bonds. The first-order valence-electron chi connectivity index (χ1n) is 5.70. The molecule has 2 nitrogen and oxygen atoms in total. The van der Waals surface area contributed by atoms with Gasteiger partial charge in [-0.15, -0.1) is 0 Å². The molecular formula is C14H21NO. The molecular weight excluding hydrogens is 198 g/mol. The van der Waals surface area contributed by atoms with Crippen molar-refractivity contribution in [1.82, 2.24) is 5.32 Å². The maximum atomic E-state index is 9.28. The predicted molar refractivity (Wildman–Crippen MR) is 69.3 cm³/mol. The van der Waals surface area contributed by atoms with Crippen molar-refractivity contribution < 1.29 is 5.11 Å². The van der Waals surface area contributed by atoms with Gasteiger partial charge in [0, 0.05) is 12.1 Å². The van der Waals surface area contributed by atoms with Crippen molar-refractivity contribution in [2.75, 3.05) is 13.2 Å². The van der Waals surface area contributed by atoms with Crippen LogP contribution >= 0.6 is 0 Å². The number of hydrogen-bond acceptors (Lipinski definition) is 2. The number of aliphatic hydroxyl groups excluding tert-OH is 1. The summed E-state index contributed by atoms with van der Waals surface area (Å²) in [5.41, 5.74) is 1.98. The van der Waals surface area contributed by atoms with E-state index >= 15 is 0 Å². The number of benzene rings is 1. The molecule has 88 valence electrons. The van der Waals surface area contributed by atoms with Gasteiger partial charge in [-0.25, -0.2) is 0 Å². The van der Waals surface area contributed by atoms with Crippen LogP contribution in [0.4, 0.5) is 0 Å². The molecule has 0 aliphatic carbocycles. The third-order valence-corrected chi connectivity index (χ3v) is 3.04. The highest BCUT2D eigenvalue weighted by atomic mass is 16.3. The van der Waals surface area contributed by atoms with Gasteiger partial charge >= 0.3 is 0 Å². The molecule has 2 N–H and O–H groups in total. The van der Waals surface area contributed by atoms with E-state index in [2.05, 4.69) is 18.8 Å². The van der Waals surface area contributed by atoms with Crippen LogP contribution in [0.3, 0.4) is 0 Å². The van der Waals surface area contributed by atoms with Crippen molar-refractivity contribution in [3.63, 3.8) is 0 Å². The third kappa shape index (κ3) is 3.47. The maximum Gasteiger partial charge on any atom is 0.0610 e. The maximum absolute atomic E-state index is 9.28. The molecule has 0 aliphatic heterocycles. The molecule has 1 aromatic carbocycles. The number of hydrogen-bond donors (Lipinski definition) is 2. The van der Waals surface area contributed by atoms with Gasteiger partial charge in [0.25, 0.3) is 0 Å². The van der Waals surface area contributed by atoms with Crippen molar-refractivity contribution in [3.8, 4) is 0 Å². The van der Waals surface area contributed by atoms with Gasteiger partial charge < -0.3 is 10.4 Å². The van der Waals surface area contributed by atoms with E-state index in [1.807, 2.05) is 37.3 Å². The van der Waals surface area contributed by atoms with Crippen LogP contribution in [0.1, 0.15) is 25.8 Å². The second kappa shape index (κ2) is 5.83. The highest BCUT2D eigenvalue weighted by Gasteiger charge is 2.19. The van der Waals surface area contributed by atoms with Crippen LogP contribution in [-0.4, -0.2) is 23.8 Å². The lowest BCUT2D eigenvalue weighted by Gasteiger charge is -2.27. The van der Waals surface area contributed by atoms with Crippen LogP contribution in [-0.2, 0) is 0 Å². The molecule has 0 saturated carbocycles. The van der Waals surface area contributed by atoms with Crippen LogP contribution in [0.2, 0.25) is 0 Å². The summed E-state index contributed by atoms with van der Waals surface area (Å²) >= 11 is 0. The van der Waals surface area contributed by atoms with Crippen molar-refractivity contribution in [3.05, 3.63) is 42.5 Å². The predicted octanol–water partition coefficient (Wildman–Crippen LogP) is 2.45. The lowest BCUT2D eigenvalue weighted by atomic mass is 9.99. The molecule has 1 unspecified atom stereocenters. The Labute approximate surface area is 98.0 Å². The van der Waals surface area contributed by atoms with E-state index in [0.717, 1.165) is 17.6 Å². The van der Waals surface area contributed by atoms with E-state index in [-0.39, 0.29) is 12.1 Å². The topological polar surface area (TPSA) is 32.3 Å². The Balaban J connectivity index is 2.54. The SMILES string of the molecule is C=C(CNC(C)(CC)CO)c1ccccc1. The molecule has 0 saturated heterocycles. The zero-order valence-electron chi connectivity index (χ0n) is 10.2. The zero-order valence-corrected chi connectivity index (χ0v) is 10.2. The first kappa shape index (κ1) is 12.9. The Kier molecular flexibility index (Phi) is 4.71. The smallest absolute Gasteiger partial charge is 0.0610 e. The van der Waals surface area contributed by atoms with Gasteiger partial charge in [-0.2, -0.15) is 0 Å². The molecule has 0 bridgehead atoms. The lowest BCUT2D eigenvalue weighted by molar-refractivity contribution is 0.175. The quantitative estimate of drug-likeness (QED) is 0.770. The summed E-state index contributed by atoms with van der Waals surface area (Å²) < 4.78 is 0. The van der Waals surface area contributed by atoms with Crippen molar-refractivity contribution >= 4 is 5.57 Å². The first-order chi connectivity index (χ1) is 7.61. The molecule has 1 aromatic rings. The Hall–Kier alpha value is -1.12. The number of rotatable bonds is 6. The molecule has 0 spiro atoms. The van der Waals surface area contributed by atoms with Gasteiger partial charge in [-0.05, 0) is 24.5 Å². The summed E-state index contributed by atoms with van der Waals surface area (Å²) in [5, 5.41) is 12.6. The molecule has 1 rings (SSSR count). The van der Waals surface area contributed by atoms with Crippen LogP contribution in [0.5, 0.6) is 0 Å². The van der Waals surface area contributed by atoms with Crippen molar-refractivity contribution in [1.29, 1.82) is 0 Å². The minimum Gasteiger partial charge on any atom is -0.394 e. The molecule has 16 heavy (non-hydrogen) atoms. The van der Waals surface area contributed by atoms with Crippen molar-refractivity contribution in [2.45, 2.75) is 25.8 Å². The largest absolute Gasteiger partial charge is 0.394 e. The summed E-state index contributed by atoms with van der Waals surface area (Å²) in [5.74, 6) is 0. The number of aliphatic hydroxyl groups is 1. The van der Waals surface area contributed by atoms with E-state index in [1.165, 1.54) is 0 Å². The second-order valence-corrected chi connectivity index (χ2v) is 4.40. The van der Waals surface area contributed by atoms with Crippen LogP contribution in [0.25, 0.3) is 5.57 Å². The molecule has 0 radical (unpaired) electrons. The molecule has 0 aliphatic rings. The summed E-state index contributed by atoms with van der Waals surface area (Å²) in [6, 6.07) is 10.1. The Bertz CT molecular complexity index is 328. The van der Waals surface area contributed by atoms with Crippen LogP contribution in [0, 0.1) is 0 Å².